The maximum Gasteiger partial charge on any atom is 0.272 e. The van der Waals surface area contributed by atoms with Crippen LogP contribution in [0.1, 0.15) is 16.2 Å². The number of nitrogens with zero attached hydrogens (tertiary/aromatic N) is 6. The number of rotatable bonds is 5. The molecule has 1 aliphatic heterocycles. The van der Waals surface area contributed by atoms with Crippen molar-refractivity contribution in [3.63, 3.8) is 0 Å². The lowest BCUT2D eigenvalue weighted by Crippen LogP contribution is -2.48. The predicted octanol–water partition coefficient (Wildman–Crippen LogP) is 3.34. The molecule has 0 saturated carbocycles. The summed E-state index contributed by atoms with van der Waals surface area (Å²) in [5.41, 5.74) is 3.18. The summed E-state index contributed by atoms with van der Waals surface area (Å²) in [5.74, 6) is -0.372. The highest BCUT2D eigenvalue weighted by atomic mass is 32.2. The number of carbonyl (C=O) groups is 1. The highest BCUT2D eigenvalue weighted by molar-refractivity contribution is 7.98. The Balaban J connectivity index is 1.28. The zero-order chi connectivity index (χ0) is 22.1. The Hall–Kier alpha value is -3.17. The molecule has 3 aromatic heterocycles. The number of benzene rings is 1. The van der Waals surface area contributed by atoms with Crippen molar-refractivity contribution in [2.75, 3.05) is 32.4 Å². The van der Waals surface area contributed by atoms with Gasteiger partial charge in [0.05, 0.1) is 11.9 Å². The Morgan fingerprint density at radius 3 is 2.59 bits per heavy atom. The molecule has 0 N–H and O–H groups in total. The minimum Gasteiger partial charge on any atom is -0.335 e. The Morgan fingerprint density at radius 1 is 1.09 bits per heavy atom. The maximum atomic E-state index is 13.4. The number of fused-ring (bicyclic) bond motifs is 1. The fraction of sp³-hybridized carbons (Fsp3) is 0.261. The van der Waals surface area contributed by atoms with E-state index in [4.69, 9.17) is 0 Å². The normalized spacial score (nSPS) is 14.9. The van der Waals surface area contributed by atoms with E-state index in [9.17, 15) is 9.18 Å². The number of aromatic nitrogens is 4. The minimum atomic E-state index is -0.311. The molecular weight excluding hydrogens is 427 g/mol. The van der Waals surface area contributed by atoms with Gasteiger partial charge in [0, 0.05) is 50.8 Å². The molecule has 1 aliphatic rings. The van der Waals surface area contributed by atoms with Gasteiger partial charge in [-0.15, -0.1) is 0 Å². The summed E-state index contributed by atoms with van der Waals surface area (Å²) in [6, 6.07) is 12.1. The van der Waals surface area contributed by atoms with Gasteiger partial charge in [-0.1, -0.05) is 17.8 Å². The van der Waals surface area contributed by atoms with Crippen LogP contribution >= 0.6 is 11.8 Å². The van der Waals surface area contributed by atoms with E-state index in [-0.39, 0.29) is 11.7 Å². The summed E-state index contributed by atoms with van der Waals surface area (Å²) in [6.07, 6.45) is 7.57. The van der Waals surface area contributed by atoms with E-state index < -0.39 is 0 Å². The third kappa shape index (κ3) is 4.01. The largest absolute Gasteiger partial charge is 0.335 e. The second-order valence-corrected chi connectivity index (χ2v) is 8.48. The van der Waals surface area contributed by atoms with E-state index >= 15 is 0 Å². The second kappa shape index (κ2) is 8.76. The number of pyridine rings is 1. The van der Waals surface area contributed by atoms with E-state index in [1.807, 2.05) is 40.0 Å². The molecular formula is C23H23FN6OS. The van der Waals surface area contributed by atoms with Gasteiger partial charge in [-0.2, -0.15) is 0 Å². The van der Waals surface area contributed by atoms with Crippen molar-refractivity contribution in [3.05, 3.63) is 78.3 Å². The average molecular weight is 451 g/mol. The van der Waals surface area contributed by atoms with Gasteiger partial charge in [-0.25, -0.2) is 14.4 Å². The molecule has 4 heterocycles. The van der Waals surface area contributed by atoms with Crippen LogP contribution in [-0.4, -0.2) is 67.1 Å². The Bertz CT molecular complexity index is 1210. The van der Waals surface area contributed by atoms with Gasteiger partial charge >= 0.3 is 0 Å². The molecule has 4 aromatic rings. The number of imidazole rings is 2. The van der Waals surface area contributed by atoms with Crippen LogP contribution in [0.5, 0.6) is 0 Å². The molecule has 32 heavy (non-hydrogen) atoms. The first-order chi connectivity index (χ1) is 15.6. The lowest BCUT2D eigenvalue weighted by Gasteiger charge is -2.34. The van der Waals surface area contributed by atoms with Gasteiger partial charge in [-0.3, -0.25) is 14.3 Å². The van der Waals surface area contributed by atoms with Crippen LogP contribution < -0.4 is 0 Å². The highest BCUT2D eigenvalue weighted by Gasteiger charge is 2.26. The van der Waals surface area contributed by atoms with Gasteiger partial charge in [0.25, 0.3) is 5.91 Å². The quantitative estimate of drug-likeness (QED) is 0.437. The van der Waals surface area contributed by atoms with Crippen LogP contribution in [0.3, 0.4) is 0 Å². The van der Waals surface area contributed by atoms with E-state index in [1.54, 1.807) is 22.9 Å². The molecule has 1 aromatic carbocycles. The predicted molar refractivity (Wildman–Crippen MR) is 122 cm³/mol. The van der Waals surface area contributed by atoms with Gasteiger partial charge < -0.3 is 9.30 Å². The summed E-state index contributed by atoms with van der Waals surface area (Å²) in [5, 5.41) is 0.699. The molecule has 0 radical (unpaired) electrons. The molecule has 7 nitrogen and oxygen atoms in total. The molecule has 1 amide bonds. The zero-order valence-corrected chi connectivity index (χ0v) is 18.5. The summed E-state index contributed by atoms with van der Waals surface area (Å²) in [4.78, 5) is 26.6. The Morgan fingerprint density at radius 2 is 1.88 bits per heavy atom. The van der Waals surface area contributed by atoms with Crippen molar-refractivity contribution in [2.24, 2.45) is 0 Å². The van der Waals surface area contributed by atoms with Crippen molar-refractivity contribution in [3.8, 4) is 5.69 Å². The first-order valence-electron chi connectivity index (χ1n) is 10.4. The highest BCUT2D eigenvalue weighted by Crippen LogP contribution is 2.23. The number of hydrogen-bond acceptors (Lipinski definition) is 5. The van der Waals surface area contributed by atoms with Gasteiger partial charge in [-0.05, 0) is 42.7 Å². The van der Waals surface area contributed by atoms with Crippen LogP contribution in [0.4, 0.5) is 4.39 Å². The number of amides is 1. The summed E-state index contributed by atoms with van der Waals surface area (Å²) >= 11 is 1.45. The van der Waals surface area contributed by atoms with Gasteiger partial charge in [0.1, 0.15) is 17.2 Å². The van der Waals surface area contributed by atoms with Crippen molar-refractivity contribution in [1.82, 2.24) is 28.7 Å². The second-order valence-electron chi connectivity index (χ2n) is 7.71. The number of piperazine rings is 1. The van der Waals surface area contributed by atoms with E-state index in [0.29, 0.717) is 23.9 Å². The maximum absolute atomic E-state index is 13.4. The van der Waals surface area contributed by atoms with E-state index in [2.05, 4.69) is 21.1 Å². The molecule has 9 heteroatoms. The fourth-order valence-electron chi connectivity index (χ4n) is 4.03. The van der Waals surface area contributed by atoms with Crippen LogP contribution in [0.15, 0.2) is 66.2 Å². The lowest BCUT2D eigenvalue weighted by molar-refractivity contribution is 0.0619. The number of hydrogen-bond donors (Lipinski definition) is 0. The third-order valence-corrected chi connectivity index (χ3v) is 6.33. The smallest absolute Gasteiger partial charge is 0.272 e. The molecule has 1 saturated heterocycles. The molecule has 0 spiro atoms. The van der Waals surface area contributed by atoms with Gasteiger partial charge in [0.15, 0.2) is 5.16 Å². The topological polar surface area (TPSA) is 58.7 Å². The number of thioether (sulfide) groups is 1. The van der Waals surface area contributed by atoms with Crippen molar-refractivity contribution in [2.45, 2.75) is 11.7 Å². The van der Waals surface area contributed by atoms with Crippen LogP contribution in [0.25, 0.3) is 11.3 Å². The number of carbonyl (C=O) groups excluding carboxylic acids is 1. The Kier molecular flexibility index (Phi) is 5.67. The molecule has 5 rings (SSSR count). The molecule has 164 valence electrons. The summed E-state index contributed by atoms with van der Waals surface area (Å²) in [7, 11) is 0. The fourth-order valence-corrected chi connectivity index (χ4v) is 4.58. The monoisotopic (exact) mass is 450 g/mol. The van der Waals surface area contributed by atoms with Crippen LogP contribution in [-0.2, 0) is 6.54 Å². The van der Waals surface area contributed by atoms with Crippen molar-refractivity contribution >= 4 is 23.3 Å². The molecule has 0 unspecified atom stereocenters. The first-order valence-corrected chi connectivity index (χ1v) is 11.7. The van der Waals surface area contributed by atoms with Crippen molar-refractivity contribution in [1.29, 1.82) is 0 Å². The summed E-state index contributed by atoms with van der Waals surface area (Å²) < 4.78 is 17.2. The van der Waals surface area contributed by atoms with E-state index in [1.165, 1.54) is 23.9 Å². The Labute approximate surface area is 189 Å². The molecule has 0 atom stereocenters. The third-order valence-electron chi connectivity index (χ3n) is 5.67. The molecule has 0 bridgehead atoms. The standard InChI is InChI=1S/C23H23FN6OS/c1-32-23-25-14-20(30(23)19-7-5-17(24)6-8-19)22(31)28-12-10-27(11-13-28)15-18-16-29-9-3-2-4-21(29)26-18/h2-9,14,16H,10-13,15H2,1H3. The number of halogens is 1. The minimum absolute atomic E-state index is 0.0606. The van der Waals surface area contributed by atoms with Crippen molar-refractivity contribution < 1.29 is 9.18 Å². The van der Waals surface area contributed by atoms with Gasteiger partial charge in [0.2, 0.25) is 0 Å². The zero-order valence-electron chi connectivity index (χ0n) is 17.7. The average Bonchev–Trinajstić information content (AvgIpc) is 3.43. The molecule has 1 fully saturated rings. The molecule has 0 aliphatic carbocycles. The van der Waals surface area contributed by atoms with Crippen LogP contribution in [0.2, 0.25) is 0 Å². The SMILES string of the molecule is CSc1ncc(C(=O)N2CCN(Cc3cn4ccccc4n3)CC2)n1-c1ccc(F)cc1. The van der Waals surface area contributed by atoms with Crippen LogP contribution in [0, 0.1) is 5.82 Å². The first kappa shape index (κ1) is 20.7. The van der Waals surface area contributed by atoms with E-state index in [0.717, 1.165) is 36.7 Å². The summed E-state index contributed by atoms with van der Waals surface area (Å²) in [6.45, 7) is 3.58. The lowest BCUT2D eigenvalue weighted by atomic mass is 10.2.